The first-order chi connectivity index (χ1) is 17.9. The van der Waals surface area contributed by atoms with Gasteiger partial charge in [0.25, 0.3) is 0 Å². The maximum atomic E-state index is 12.7. The molecule has 0 aliphatic rings. The van der Waals surface area contributed by atoms with Gasteiger partial charge in [0.1, 0.15) is 41.7 Å². The molecule has 2 unspecified atom stereocenters. The first kappa shape index (κ1) is 36.0. The fourth-order valence-corrected chi connectivity index (χ4v) is 2.60. The van der Waals surface area contributed by atoms with Crippen molar-refractivity contribution < 1.29 is 63.0 Å². The number of carbonyl (C=O) groups excluding carboxylic acids is 5. The number of rotatable bonds is 16. The molecule has 39 heavy (non-hydrogen) atoms. The largest absolute Gasteiger partial charge is 0.468 e. The van der Waals surface area contributed by atoms with Gasteiger partial charge in [-0.15, -0.1) is 0 Å². The number of aliphatic hydroxyl groups is 3. The second kappa shape index (κ2) is 15.6. The lowest BCUT2D eigenvalue weighted by atomic mass is 9.90. The summed E-state index contributed by atoms with van der Waals surface area (Å²) in [6.45, 7) is 5.20. The van der Waals surface area contributed by atoms with Gasteiger partial charge in [0.15, 0.2) is 0 Å². The van der Waals surface area contributed by atoms with Crippen LogP contribution in [-0.2, 0) is 42.9 Å². The number of amides is 1. The van der Waals surface area contributed by atoms with Crippen molar-refractivity contribution in [1.82, 2.24) is 5.32 Å². The quantitative estimate of drug-likeness (QED) is 0.111. The first-order valence-corrected chi connectivity index (χ1v) is 12.3. The van der Waals surface area contributed by atoms with E-state index in [1.165, 1.54) is 20.8 Å². The molecule has 0 aromatic rings. The zero-order valence-electron chi connectivity index (χ0n) is 23.8. The van der Waals surface area contributed by atoms with E-state index in [0.29, 0.717) is 0 Å². The maximum absolute atomic E-state index is 12.7. The molecule has 0 radical (unpaired) electrons. The second-order valence-electron chi connectivity index (χ2n) is 11.0. The van der Waals surface area contributed by atoms with Crippen molar-refractivity contribution in [2.24, 2.45) is 16.2 Å². The third-order valence-electron chi connectivity index (χ3n) is 5.53. The highest BCUT2D eigenvalue weighted by molar-refractivity contribution is 5.81. The molecule has 0 heterocycles. The van der Waals surface area contributed by atoms with Crippen LogP contribution >= 0.6 is 0 Å². The minimum Gasteiger partial charge on any atom is -0.468 e. The number of aliphatic hydroxyl groups excluding tert-OH is 3. The first-order valence-electron chi connectivity index (χ1n) is 12.3. The van der Waals surface area contributed by atoms with Crippen molar-refractivity contribution in [3.8, 4) is 0 Å². The lowest BCUT2D eigenvalue weighted by Gasteiger charge is -2.30. The summed E-state index contributed by atoms with van der Waals surface area (Å²) < 4.78 is 25.2. The highest BCUT2D eigenvalue weighted by atomic mass is 16.6. The van der Waals surface area contributed by atoms with Crippen molar-refractivity contribution in [3.05, 3.63) is 0 Å². The van der Waals surface area contributed by atoms with Gasteiger partial charge in [-0.1, -0.05) is 0 Å². The Morgan fingerprint density at radius 2 is 1.13 bits per heavy atom. The fourth-order valence-electron chi connectivity index (χ4n) is 2.60. The molecule has 226 valence electrons. The van der Waals surface area contributed by atoms with Crippen LogP contribution in [0.4, 0.5) is 4.79 Å². The average molecular weight is 566 g/mol. The van der Waals surface area contributed by atoms with Crippen molar-refractivity contribution in [3.63, 3.8) is 0 Å². The van der Waals surface area contributed by atoms with Crippen LogP contribution in [0.25, 0.3) is 0 Å². The van der Waals surface area contributed by atoms with E-state index < -0.39 is 91.5 Å². The van der Waals surface area contributed by atoms with Gasteiger partial charge in [0, 0.05) is 13.0 Å². The molecule has 4 N–H and O–H groups in total. The molecule has 0 aliphatic carbocycles. The molecule has 0 aromatic carbocycles. The Hall–Kier alpha value is -2.97. The summed E-state index contributed by atoms with van der Waals surface area (Å²) >= 11 is 0. The lowest BCUT2D eigenvalue weighted by molar-refractivity contribution is -0.178. The van der Waals surface area contributed by atoms with Crippen molar-refractivity contribution >= 4 is 30.0 Å². The predicted molar refractivity (Wildman–Crippen MR) is 134 cm³/mol. The topological polar surface area (TPSA) is 204 Å². The van der Waals surface area contributed by atoms with Gasteiger partial charge in [0.2, 0.25) is 0 Å². The molecule has 1 amide bonds. The van der Waals surface area contributed by atoms with Crippen molar-refractivity contribution in [2.75, 3.05) is 53.3 Å². The Balaban J connectivity index is 4.97. The van der Waals surface area contributed by atoms with Crippen LogP contribution in [0, 0.1) is 16.2 Å². The lowest BCUT2D eigenvalue weighted by Crippen LogP contribution is -2.45. The van der Waals surface area contributed by atoms with Gasteiger partial charge in [-0.25, -0.2) is 4.79 Å². The highest BCUT2D eigenvalue weighted by Crippen LogP contribution is 2.26. The Labute approximate surface area is 228 Å². The Kier molecular flexibility index (Phi) is 14.4. The van der Waals surface area contributed by atoms with E-state index in [0.717, 1.165) is 7.11 Å². The SMILES string of the molecule is COC(=O)C(C)(COC(=O)C(C)(CO)CO)COC(=O)C(C)(CO)COC(=O)CCCNC(=O)OC(C)(C)C. The highest BCUT2D eigenvalue weighted by Gasteiger charge is 2.43. The molecule has 0 bridgehead atoms. The van der Waals surface area contributed by atoms with E-state index in [4.69, 9.17) is 23.7 Å². The molecular weight excluding hydrogens is 522 g/mol. The fraction of sp³-hybridized carbons (Fsp3) is 0.800. The number of esters is 4. The summed E-state index contributed by atoms with van der Waals surface area (Å²) in [4.78, 5) is 61.0. The molecule has 0 aliphatic heterocycles. The molecule has 0 rings (SSSR count). The summed E-state index contributed by atoms with van der Waals surface area (Å²) in [5.41, 5.74) is -5.62. The van der Waals surface area contributed by atoms with E-state index in [-0.39, 0.29) is 19.4 Å². The van der Waals surface area contributed by atoms with Gasteiger partial charge >= 0.3 is 30.0 Å². The molecule has 14 heteroatoms. The zero-order valence-corrected chi connectivity index (χ0v) is 23.8. The zero-order chi connectivity index (χ0) is 30.5. The van der Waals surface area contributed by atoms with Crippen LogP contribution < -0.4 is 5.32 Å². The molecule has 14 nitrogen and oxygen atoms in total. The number of hydrogen-bond acceptors (Lipinski definition) is 13. The van der Waals surface area contributed by atoms with Crippen LogP contribution in [0.1, 0.15) is 54.4 Å². The van der Waals surface area contributed by atoms with Gasteiger partial charge in [0.05, 0.1) is 26.9 Å². The third kappa shape index (κ3) is 12.2. The van der Waals surface area contributed by atoms with Crippen LogP contribution in [0.3, 0.4) is 0 Å². The third-order valence-corrected chi connectivity index (χ3v) is 5.53. The normalized spacial score (nSPS) is 14.7. The number of methoxy groups -OCH3 is 1. The van der Waals surface area contributed by atoms with Crippen LogP contribution in [-0.4, -0.2) is 104 Å². The Morgan fingerprint density at radius 1 is 0.667 bits per heavy atom. The van der Waals surface area contributed by atoms with Gasteiger partial charge in [-0.3, -0.25) is 19.2 Å². The second-order valence-corrected chi connectivity index (χ2v) is 11.0. The van der Waals surface area contributed by atoms with E-state index in [9.17, 15) is 39.3 Å². The molecule has 0 aromatic heterocycles. The smallest absolute Gasteiger partial charge is 0.407 e. The molecule has 0 saturated heterocycles. The number of hydrogen-bond donors (Lipinski definition) is 4. The van der Waals surface area contributed by atoms with Gasteiger partial charge in [-0.2, -0.15) is 0 Å². The molecule has 0 spiro atoms. The average Bonchev–Trinajstić information content (AvgIpc) is 2.89. The summed E-state index contributed by atoms with van der Waals surface area (Å²) in [6.07, 6.45) is -0.477. The molecule has 2 atom stereocenters. The molecule has 0 fully saturated rings. The minimum atomic E-state index is -1.68. The summed E-state index contributed by atoms with van der Waals surface area (Å²) in [5.74, 6) is -3.55. The van der Waals surface area contributed by atoms with Crippen molar-refractivity contribution in [1.29, 1.82) is 0 Å². The minimum absolute atomic E-state index is 0.0846. The summed E-state index contributed by atoms with van der Waals surface area (Å²) in [5, 5.41) is 31.0. The molecule has 0 saturated carbocycles. The van der Waals surface area contributed by atoms with Crippen LogP contribution in [0.2, 0.25) is 0 Å². The number of alkyl carbamates (subject to hydrolysis) is 1. The predicted octanol–water partition coefficient (Wildman–Crippen LogP) is 0.0897. The van der Waals surface area contributed by atoms with E-state index in [1.54, 1.807) is 20.8 Å². The maximum Gasteiger partial charge on any atom is 0.407 e. The van der Waals surface area contributed by atoms with E-state index in [2.05, 4.69) is 5.32 Å². The monoisotopic (exact) mass is 565 g/mol. The Bertz CT molecular complexity index is 849. The van der Waals surface area contributed by atoms with E-state index >= 15 is 0 Å². The summed E-state index contributed by atoms with van der Waals surface area (Å²) in [7, 11) is 1.08. The summed E-state index contributed by atoms with van der Waals surface area (Å²) in [6, 6.07) is 0. The number of ether oxygens (including phenoxy) is 5. The number of nitrogens with one attached hydrogen (secondary N) is 1. The van der Waals surface area contributed by atoms with Crippen LogP contribution in [0.15, 0.2) is 0 Å². The molecular formula is C25H43NO13. The van der Waals surface area contributed by atoms with Gasteiger partial charge < -0.3 is 44.3 Å². The van der Waals surface area contributed by atoms with Crippen molar-refractivity contribution in [2.45, 2.75) is 60.0 Å². The van der Waals surface area contributed by atoms with E-state index in [1.807, 2.05) is 0 Å². The van der Waals surface area contributed by atoms with Gasteiger partial charge in [-0.05, 0) is 48.0 Å². The van der Waals surface area contributed by atoms with Crippen LogP contribution in [0.5, 0.6) is 0 Å². The Morgan fingerprint density at radius 3 is 1.56 bits per heavy atom. The number of carbonyl (C=O) groups is 5. The standard InChI is InChI=1S/C25H43NO13/c1-22(2,3)39-21(34)26-10-8-9-17(30)36-14-24(5,13-29)20(33)38-16-25(6,18(31)35-7)15-37-19(32)23(4,11-27)12-28/h27-29H,8-16H2,1-7H3,(H,26,34).